The van der Waals surface area contributed by atoms with Crippen LogP contribution in [0.4, 0.5) is 13.2 Å². The number of fused-ring (bicyclic) bond motifs is 3. The smallest absolute Gasteiger partial charge is 0.417 e. The quantitative estimate of drug-likeness (QED) is 0.853. The van der Waals surface area contributed by atoms with Gasteiger partial charge in [-0.25, -0.2) is 0 Å². The average Bonchev–Trinajstić information content (AvgIpc) is 2.94. The maximum Gasteiger partial charge on any atom is 0.417 e. The van der Waals surface area contributed by atoms with E-state index in [0.29, 0.717) is 24.1 Å². The van der Waals surface area contributed by atoms with E-state index < -0.39 is 23.3 Å². The zero-order chi connectivity index (χ0) is 19.1. The number of aromatic nitrogens is 1. The molecule has 1 aromatic carbocycles. The molecule has 2 aromatic rings. The van der Waals surface area contributed by atoms with Gasteiger partial charge < -0.3 is 14.8 Å². The van der Waals surface area contributed by atoms with Crippen molar-refractivity contribution in [3.8, 4) is 6.07 Å². The number of aromatic amines is 1. The summed E-state index contributed by atoms with van der Waals surface area (Å²) in [5.41, 5.74) is -1.14. The van der Waals surface area contributed by atoms with E-state index in [4.69, 9.17) is 4.74 Å². The SMILES string of the molecule is CCCC1(CC(=O)O)OCCc2c1[nH]c1c(C#N)ccc(C(F)(F)F)c21. The lowest BCUT2D eigenvalue weighted by atomic mass is 9.84. The summed E-state index contributed by atoms with van der Waals surface area (Å²) in [5.74, 6) is -1.10. The van der Waals surface area contributed by atoms with Gasteiger partial charge in [0.15, 0.2) is 0 Å². The molecular formula is C18H17F3N2O3. The summed E-state index contributed by atoms with van der Waals surface area (Å²) in [7, 11) is 0. The molecule has 0 bridgehead atoms. The second-order valence-electron chi connectivity index (χ2n) is 6.41. The minimum Gasteiger partial charge on any atom is -0.481 e. The first-order valence-electron chi connectivity index (χ1n) is 8.24. The molecule has 5 nitrogen and oxygen atoms in total. The fraction of sp³-hybridized carbons (Fsp3) is 0.444. The van der Waals surface area contributed by atoms with Crippen LogP contribution in [0.3, 0.4) is 0 Å². The molecule has 138 valence electrons. The predicted octanol–water partition coefficient (Wildman–Crippen LogP) is 4.10. The third-order valence-corrected chi connectivity index (χ3v) is 4.76. The van der Waals surface area contributed by atoms with Crippen molar-refractivity contribution in [1.82, 2.24) is 4.98 Å². The molecule has 2 heterocycles. The number of rotatable bonds is 4. The van der Waals surface area contributed by atoms with Gasteiger partial charge in [0.1, 0.15) is 11.7 Å². The largest absolute Gasteiger partial charge is 0.481 e. The lowest BCUT2D eigenvalue weighted by Crippen LogP contribution is -2.37. The van der Waals surface area contributed by atoms with E-state index in [0.717, 1.165) is 12.1 Å². The summed E-state index contributed by atoms with van der Waals surface area (Å²) in [6.07, 6.45) is -3.77. The van der Waals surface area contributed by atoms with Crippen molar-refractivity contribution in [3.05, 3.63) is 34.5 Å². The molecule has 0 fully saturated rings. The van der Waals surface area contributed by atoms with Crippen molar-refractivity contribution in [2.45, 2.75) is 44.4 Å². The van der Waals surface area contributed by atoms with Crippen molar-refractivity contribution in [2.75, 3.05) is 6.61 Å². The van der Waals surface area contributed by atoms with Gasteiger partial charge in [0.2, 0.25) is 0 Å². The van der Waals surface area contributed by atoms with Gasteiger partial charge in [0.05, 0.1) is 35.4 Å². The number of benzene rings is 1. The second-order valence-corrected chi connectivity index (χ2v) is 6.41. The van der Waals surface area contributed by atoms with Crippen LogP contribution in [0.25, 0.3) is 10.9 Å². The Morgan fingerprint density at radius 2 is 2.19 bits per heavy atom. The van der Waals surface area contributed by atoms with Gasteiger partial charge in [-0.05, 0) is 30.5 Å². The Morgan fingerprint density at radius 1 is 1.46 bits per heavy atom. The van der Waals surface area contributed by atoms with Crippen LogP contribution in [0.1, 0.15) is 48.6 Å². The first-order chi connectivity index (χ1) is 12.2. The number of aliphatic carboxylic acids is 1. The number of carboxylic acid groups (broad SMARTS) is 1. The van der Waals surface area contributed by atoms with Crippen LogP contribution in [-0.4, -0.2) is 22.7 Å². The number of carboxylic acids is 1. The summed E-state index contributed by atoms with van der Waals surface area (Å²) in [5, 5.41) is 18.6. The molecule has 1 aliphatic heterocycles. The number of nitriles is 1. The first-order valence-corrected chi connectivity index (χ1v) is 8.24. The molecule has 0 saturated heterocycles. The van der Waals surface area contributed by atoms with Crippen molar-refractivity contribution >= 4 is 16.9 Å². The van der Waals surface area contributed by atoms with Crippen molar-refractivity contribution in [3.63, 3.8) is 0 Å². The minimum atomic E-state index is -4.58. The van der Waals surface area contributed by atoms with E-state index in [-0.39, 0.29) is 35.9 Å². The van der Waals surface area contributed by atoms with Gasteiger partial charge in [-0.15, -0.1) is 0 Å². The molecule has 1 atom stereocenters. The Kier molecular flexibility index (Phi) is 4.44. The number of nitrogens with zero attached hydrogens (tertiary/aromatic N) is 1. The number of carbonyl (C=O) groups is 1. The number of nitrogens with one attached hydrogen (secondary N) is 1. The van der Waals surface area contributed by atoms with Crippen LogP contribution in [0, 0.1) is 11.3 Å². The minimum absolute atomic E-state index is 0.0549. The standard InChI is InChI=1S/C18H17F3N2O3/c1-2-6-17(8-13(24)25)16-11(5-7-26-17)14-12(18(19,20)21)4-3-10(9-22)15(14)23-16/h3-4,23H,2,5-8H2,1H3,(H,24,25). The maximum atomic E-state index is 13.5. The van der Waals surface area contributed by atoms with Crippen LogP contribution < -0.4 is 0 Å². The normalized spacial score (nSPS) is 20.0. The Labute approximate surface area is 147 Å². The van der Waals surface area contributed by atoms with E-state index in [2.05, 4.69) is 4.98 Å². The van der Waals surface area contributed by atoms with Crippen LogP contribution in [0.15, 0.2) is 12.1 Å². The van der Waals surface area contributed by atoms with Gasteiger partial charge >= 0.3 is 12.1 Å². The van der Waals surface area contributed by atoms with Crippen LogP contribution in [-0.2, 0) is 27.7 Å². The van der Waals surface area contributed by atoms with E-state index in [1.807, 2.05) is 13.0 Å². The van der Waals surface area contributed by atoms with Crippen molar-refractivity contribution in [1.29, 1.82) is 5.26 Å². The summed E-state index contributed by atoms with van der Waals surface area (Å²) < 4.78 is 46.4. The molecule has 2 N–H and O–H groups in total. The Hall–Kier alpha value is -2.53. The highest BCUT2D eigenvalue weighted by Gasteiger charge is 2.44. The third-order valence-electron chi connectivity index (χ3n) is 4.76. The highest BCUT2D eigenvalue weighted by atomic mass is 19.4. The molecule has 0 amide bonds. The maximum absolute atomic E-state index is 13.5. The van der Waals surface area contributed by atoms with Crippen molar-refractivity contribution < 1.29 is 27.8 Å². The molecule has 0 radical (unpaired) electrons. The molecule has 0 aliphatic carbocycles. The number of halogens is 3. The monoisotopic (exact) mass is 366 g/mol. The molecule has 1 aromatic heterocycles. The lowest BCUT2D eigenvalue weighted by Gasteiger charge is -2.36. The average molecular weight is 366 g/mol. The fourth-order valence-corrected chi connectivity index (χ4v) is 3.83. The highest BCUT2D eigenvalue weighted by Crippen LogP contribution is 2.46. The lowest BCUT2D eigenvalue weighted by molar-refractivity contribution is -0.149. The fourth-order valence-electron chi connectivity index (χ4n) is 3.83. The molecule has 1 aliphatic rings. The van der Waals surface area contributed by atoms with Crippen LogP contribution in [0.5, 0.6) is 0 Å². The molecule has 1 unspecified atom stereocenters. The summed E-state index contributed by atoms with van der Waals surface area (Å²) in [6.45, 7) is 1.98. The van der Waals surface area contributed by atoms with Crippen LogP contribution >= 0.6 is 0 Å². The van der Waals surface area contributed by atoms with Crippen molar-refractivity contribution in [2.24, 2.45) is 0 Å². The molecule has 8 heteroatoms. The van der Waals surface area contributed by atoms with Gasteiger partial charge in [-0.3, -0.25) is 4.79 Å². The zero-order valence-electron chi connectivity index (χ0n) is 14.0. The Bertz CT molecular complexity index is 911. The number of H-pyrrole nitrogens is 1. The zero-order valence-corrected chi connectivity index (χ0v) is 14.0. The van der Waals surface area contributed by atoms with Crippen LogP contribution in [0.2, 0.25) is 0 Å². The number of ether oxygens (including phenoxy) is 1. The Balaban J connectivity index is 2.37. The molecular weight excluding hydrogens is 349 g/mol. The second kappa shape index (κ2) is 6.32. The number of hydrogen-bond donors (Lipinski definition) is 2. The van der Waals surface area contributed by atoms with Gasteiger partial charge in [0.25, 0.3) is 0 Å². The third kappa shape index (κ3) is 2.82. The number of alkyl halides is 3. The summed E-state index contributed by atoms with van der Waals surface area (Å²) in [4.78, 5) is 14.3. The Morgan fingerprint density at radius 3 is 2.77 bits per heavy atom. The highest BCUT2D eigenvalue weighted by molar-refractivity contribution is 5.93. The van der Waals surface area contributed by atoms with Gasteiger partial charge in [-0.1, -0.05) is 13.3 Å². The predicted molar refractivity (Wildman–Crippen MR) is 86.5 cm³/mol. The number of hydrogen-bond acceptors (Lipinski definition) is 3. The van der Waals surface area contributed by atoms with E-state index in [9.17, 15) is 28.3 Å². The molecule has 0 saturated carbocycles. The first kappa shape index (κ1) is 18.3. The van der Waals surface area contributed by atoms with E-state index >= 15 is 0 Å². The molecule has 3 rings (SSSR count). The van der Waals surface area contributed by atoms with E-state index in [1.54, 1.807) is 0 Å². The molecule has 0 spiro atoms. The van der Waals surface area contributed by atoms with E-state index in [1.165, 1.54) is 0 Å². The summed E-state index contributed by atoms with van der Waals surface area (Å²) in [6, 6.07) is 3.94. The van der Waals surface area contributed by atoms with Gasteiger partial charge in [0, 0.05) is 5.39 Å². The summed E-state index contributed by atoms with van der Waals surface area (Å²) >= 11 is 0. The van der Waals surface area contributed by atoms with Gasteiger partial charge in [-0.2, -0.15) is 18.4 Å². The molecule has 26 heavy (non-hydrogen) atoms. The topological polar surface area (TPSA) is 86.1 Å².